The summed E-state index contributed by atoms with van der Waals surface area (Å²) in [5, 5.41) is 6.79. The molecule has 1 N–H and O–H groups in total. The van der Waals surface area contributed by atoms with Crippen LogP contribution in [0.1, 0.15) is 26.2 Å². The maximum absolute atomic E-state index is 5.34. The van der Waals surface area contributed by atoms with Crippen LogP contribution in [-0.4, -0.2) is 29.1 Å². The third kappa shape index (κ3) is 3.26. The lowest BCUT2D eigenvalue weighted by Gasteiger charge is -2.15. The van der Waals surface area contributed by atoms with Crippen molar-refractivity contribution in [1.29, 1.82) is 0 Å². The van der Waals surface area contributed by atoms with Crippen LogP contribution < -0.4 is 10.1 Å². The number of aromatic nitrogens is 1. The number of fused-ring (bicyclic) bond motifs is 1. The van der Waals surface area contributed by atoms with Gasteiger partial charge in [-0.3, -0.25) is 0 Å². The van der Waals surface area contributed by atoms with Crippen molar-refractivity contribution >= 4 is 28.4 Å². The fraction of sp³-hybridized carbons (Fsp3) is 0.471. The first kappa shape index (κ1) is 14.5. The van der Waals surface area contributed by atoms with Crippen molar-refractivity contribution in [2.75, 3.05) is 18.2 Å². The fourth-order valence-corrected chi connectivity index (χ4v) is 4.18. The molecule has 1 aliphatic rings. The molecule has 1 aromatic carbocycles. The molecule has 3 rings (SSSR count). The Bertz CT molecular complexity index is 617. The quantitative estimate of drug-likeness (QED) is 0.891. The van der Waals surface area contributed by atoms with E-state index >= 15 is 0 Å². The molecule has 112 valence electrons. The molecule has 3 nitrogen and oxygen atoms in total. The van der Waals surface area contributed by atoms with Crippen molar-refractivity contribution in [3.05, 3.63) is 30.5 Å². The van der Waals surface area contributed by atoms with Gasteiger partial charge in [0, 0.05) is 22.9 Å². The van der Waals surface area contributed by atoms with E-state index in [0.717, 1.165) is 22.2 Å². The highest BCUT2D eigenvalue weighted by Crippen LogP contribution is 2.33. The number of hydrogen-bond acceptors (Lipinski definition) is 4. The zero-order chi connectivity index (χ0) is 14.7. The average molecular weight is 302 g/mol. The van der Waals surface area contributed by atoms with Crippen LogP contribution in [0.15, 0.2) is 30.5 Å². The van der Waals surface area contributed by atoms with E-state index in [1.165, 1.54) is 30.4 Å². The van der Waals surface area contributed by atoms with Gasteiger partial charge >= 0.3 is 0 Å². The zero-order valence-electron chi connectivity index (χ0n) is 12.6. The number of ether oxygens (including phenoxy) is 1. The van der Waals surface area contributed by atoms with Gasteiger partial charge in [0.05, 0.1) is 7.11 Å². The zero-order valence-corrected chi connectivity index (χ0v) is 13.5. The lowest BCUT2D eigenvalue weighted by Crippen LogP contribution is -2.17. The van der Waals surface area contributed by atoms with Gasteiger partial charge in [0.15, 0.2) is 0 Å². The molecule has 1 fully saturated rings. The standard InChI is InChI=1S/C17H22N2OS/c1-3-21-15-7-5-13(10-15)19-17-16-11-14(20-2)6-4-12(16)8-9-18-17/h4,6,8-9,11,13,15H,3,5,7,10H2,1-2H3,(H,18,19). The Labute approximate surface area is 130 Å². The van der Waals surface area contributed by atoms with Gasteiger partial charge < -0.3 is 10.1 Å². The van der Waals surface area contributed by atoms with Crippen molar-refractivity contribution in [3.63, 3.8) is 0 Å². The van der Waals surface area contributed by atoms with Crippen molar-refractivity contribution in [3.8, 4) is 5.75 Å². The molecular formula is C17H22N2OS. The van der Waals surface area contributed by atoms with E-state index in [1.54, 1.807) is 7.11 Å². The first-order valence-electron chi connectivity index (χ1n) is 7.61. The molecule has 0 aliphatic heterocycles. The first-order chi connectivity index (χ1) is 10.3. The highest BCUT2D eigenvalue weighted by molar-refractivity contribution is 7.99. The van der Waals surface area contributed by atoms with Crippen LogP contribution in [-0.2, 0) is 0 Å². The smallest absolute Gasteiger partial charge is 0.134 e. The number of rotatable bonds is 5. The largest absolute Gasteiger partial charge is 0.497 e. The van der Waals surface area contributed by atoms with Crippen LogP contribution in [0.3, 0.4) is 0 Å². The summed E-state index contributed by atoms with van der Waals surface area (Å²) in [5.41, 5.74) is 0. The van der Waals surface area contributed by atoms with Crippen molar-refractivity contribution in [2.24, 2.45) is 0 Å². The van der Waals surface area contributed by atoms with E-state index < -0.39 is 0 Å². The summed E-state index contributed by atoms with van der Waals surface area (Å²) in [4.78, 5) is 4.54. The molecular weight excluding hydrogens is 280 g/mol. The van der Waals surface area contributed by atoms with Gasteiger partial charge in [-0.25, -0.2) is 4.98 Å². The molecule has 0 radical (unpaired) electrons. The van der Waals surface area contributed by atoms with Gasteiger partial charge in [-0.15, -0.1) is 0 Å². The van der Waals surface area contributed by atoms with Gasteiger partial charge in [0.25, 0.3) is 0 Å². The Morgan fingerprint density at radius 3 is 3.05 bits per heavy atom. The summed E-state index contributed by atoms with van der Waals surface area (Å²) in [6, 6.07) is 8.74. The Morgan fingerprint density at radius 2 is 2.24 bits per heavy atom. The van der Waals surface area contributed by atoms with Crippen molar-refractivity contribution in [2.45, 2.75) is 37.5 Å². The molecule has 0 spiro atoms. The van der Waals surface area contributed by atoms with Gasteiger partial charge in [0.2, 0.25) is 0 Å². The molecule has 21 heavy (non-hydrogen) atoms. The summed E-state index contributed by atoms with van der Waals surface area (Å²) in [7, 11) is 1.70. The van der Waals surface area contributed by atoms with E-state index in [0.29, 0.717) is 6.04 Å². The first-order valence-corrected chi connectivity index (χ1v) is 8.66. The van der Waals surface area contributed by atoms with Gasteiger partial charge in [-0.2, -0.15) is 11.8 Å². The number of nitrogens with zero attached hydrogens (tertiary/aromatic N) is 1. The highest BCUT2D eigenvalue weighted by atomic mass is 32.2. The Balaban J connectivity index is 1.80. The third-order valence-electron chi connectivity index (χ3n) is 4.10. The van der Waals surface area contributed by atoms with Crippen LogP contribution >= 0.6 is 11.8 Å². The number of anilines is 1. The minimum absolute atomic E-state index is 0.540. The van der Waals surface area contributed by atoms with Crippen molar-refractivity contribution < 1.29 is 4.74 Å². The summed E-state index contributed by atoms with van der Waals surface area (Å²) in [5.74, 6) is 3.07. The molecule has 1 aromatic heterocycles. The number of pyridine rings is 1. The predicted octanol–water partition coefficient (Wildman–Crippen LogP) is 4.33. The van der Waals surface area contributed by atoms with E-state index in [4.69, 9.17) is 4.74 Å². The van der Waals surface area contributed by atoms with E-state index in [2.05, 4.69) is 41.1 Å². The lowest BCUT2D eigenvalue weighted by atomic mass is 10.1. The molecule has 1 saturated carbocycles. The number of thioether (sulfide) groups is 1. The summed E-state index contributed by atoms with van der Waals surface area (Å²) < 4.78 is 5.34. The summed E-state index contributed by atoms with van der Waals surface area (Å²) in [6.07, 6.45) is 5.66. The second-order valence-electron chi connectivity index (χ2n) is 5.48. The average Bonchev–Trinajstić information content (AvgIpc) is 2.95. The highest BCUT2D eigenvalue weighted by Gasteiger charge is 2.25. The van der Waals surface area contributed by atoms with Crippen LogP contribution in [0.2, 0.25) is 0 Å². The lowest BCUT2D eigenvalue weighted by molar-refractivity contribution is 0.415. The normalized spacial score (nSPS) is 21.6. The number of hydrogen-bond donors (Lipinski definition) is 1. The van der Waals surface area contributed by atoms with Gasteiger partial charge in [-0.05, 0) is 48.6 Å². The SMILES string of the molecule is CCSC1CCC(Nc2nccc3ccc(OC)cc23)C1. The van der Waals surface area contributed by atoms with Gasteiger partial charge in [-0.1, -0.05) is 13.0 Å². The minimum atomic E-state index is 0.540. The molecule has 2 aromatic rings. The molecule has 2 unspecified atom stereocenters. The summed E-state index contributed by atoms with van der Waals surface area (Å²) in [6.45, 7) is 2.24. The number of methoxy groups -OCH3 is 1. The maximum Gasteiger partial charge on any atom is 0.134 e. The molecule has 1 aliphatic carbocycles. The monoisotopic (exact) mass is 302 g/mol. The fourth-order valence-electron chi connectivity index (χ4n) is 3.04. The van der Waals surface area contributed by atoms with Gasteiger partial charge in [0.1, 0.15) is 11.6 Å². The van der Waals surface area contributed by atoms with Crippen molar-refractivity contribution in [1.82, 2.24) is 4.98 Å². The maximum atomic E-state index is 5.34. The Hall–Kier alpha value is -1.42. The molecule has 2 atom stereocenters. The van der Waals surface area contributed by atoms with Crippen LogP contribution in [0, 0.1) is 0 Å². The Kier molecular flexibility index (Phi) is 4.54. The molecule has 0 saturated heterocycles. The number of nitrogens with one attached hydrogen (secondary N) is 1. The summed E-state index contributed by atoms with van der Waals surface area (Å²) >= 11 is 2.08. The number of benzene rings is 1. The molecule has 4 heteroatoms. The topological polar surface area (TPSA) is 34.2 Å². The molecule has 0 amide bonds. The second kappa shape index (κ2) is 6.56. The Morgan fingerprint density at radius 1 is 1.33 bits per heavy atom. The second-order valence-corrected chi connectivity index (χ2v) is 7.06. The van der Waals surface area contributed by atoms with E-state index in [9.17, 15) is 0 Å². The van der Waals surface area contributed by atoms with Crippen LogP contribution in [0.4, 0.5) is 5.82 Å². The van der Waals surface area contributed by atoms with E-state index in [1.807, 2.05) is 18.3 Å². The molecule has 0 bridgehead atoms. The predicted molar refractivity (Wildman–Crippen MR) is 91.5 cm³/mol. The minimum Gasteiger partial charge on any atom is -0.497 e. The third-order valence-corrected chi connectivity index (χ3v) is 5.33. The van der Waals surface area contributed by atoms with Crippen LogP contribution in [0.25, 0.3) is 10.8 Å². The molecule has 1 heterocycles. The van der Waals surface area contributed by atoms with Crippen LogP contribution in [0.5, 0.6) is 5.75 Å². The van der Waals surface area contributed by atoms with E-state index in [-0.39, 0.29) is 0 Å².